The van der Waals surface area contributed by atoms with Crippen molar-refractivity contribution in [3.05, 3.63) is 60.2 Å². The lowest BCUT2D eigenvalue weighted by Crippen LogP contribution is -2.26. The number of nitrogens with zero attached hydrogens (tertiary/aromatic N) is 3. The molecule has 7 nitrogen and oxygen atoms in total. The van der Waals surface area contributed by atoms with Gasteiger partial charge in [-0.25, -0.2) is 9.50 Å². The quantitative estimate of drug-likeness (QED) is 0.597. The Kier molecular flexibility index (Phi) is 4.04. The molecule has 4 aromatic rings. The van der Waals surface area contributed by atoms with Crippen molar-refractivity contribution in [2.45, 2.75) is 19.9 Å². The highest BCUT2D eigenvalue weighted by Crippen LogP contribution is 2.31. The minimum Gasteiger partial charge on any atom is -0.490 e. The smallest absolute Gasteiger partial charge is 0.257 e. The third-order valence-electron chi connectivity index (χ3n) is 4.13. The number of carbonyl (C=O) groups is 1. The maximum Gasteiger partial charge on any atom is 0.257 e. The van der Waals surface area contributed by atoms with Gasteiger partial charge in [0.05, 0.1) is 18.8 Å². The molecule has 0 radical (unpaired) electrons. The molecule has 1 amide bonds. The van der Waals surface area contributed by atoms with Crippen LogP contribution in [0.25, 0.3) is 16.6 Å². The molecule has 7 heteroatoms. The lowest BCUT2D eigenvalue weighted by atomic mass is 10.2. The fraction of sp³-hybridized carbons (Fsp3) is 0.211. The zero-order valence-electron chi connectivity index (χ0n) is 14.5. The van der Waals surface area contributed by atoms with Crippen LogP contribution in [0.3, 0.4) is 0 Å². The summed E-state index contributed by atoms with van der Waals surface area (Å²) in [5.74, 6) is 1.10. The van der Waals surface area contributed by atoms with E-state index < -0.39 is 0 Å². The number of rotatable bonds is 5. The monoisotopic (exact) mass is 350 g/mol. The molecule has 0 saturated carbocycles. The molecule has 0 aliphatic heterocycles. The van der Waals surface area contributed by atoms with E-state index in [1.807, 2.05) is 38.1 Å². The topological polar surface area (TPSA) is 81.7 Å². The van der Waals surface area contributed by atoms with E-state index in [9.17, 15) is 4.79 Å². The predicted octanol–water partition coefficient (Wildman–Crippen LogP) is 3.37. The van der Waals surface area contributed by atoms with Gasteiger partial charge in [0.2, 0.25) is 0 Å². The van der Waals surface area contributed by atoms with E-state index in [1.165, 1.54) is 6.20 Å². The number of furan rings is 1. The predicted molar refractivity (Wildman–Crippen MR) is 96.3 cm³/mol. The summed E-state index contributed by atoms with van der Waals surface area (Å²) in [5, 5.41) is 8.01. The van der Waals surface area contributed by atoms with E-state index in [-0.39, 0.29) is 11.9 Å². The molecule has 1 N–H and O–H groups in total. The van der Waals surface area contributed by atoms with Crippen LogP contribution in [0.1, 0.15) is 36.0 Å². The van der Waals surface area contributed by atoms with Gasteiger partial charge in [-0.2, -0.15) is 5.10 Å². The van der Waals surface area contributed by atoms with Gasteiger partial charge >= 0.3 is 0 Å². The molecule has 3 heterocycles. The van der Waals surface area contributed by atoms with Crippen LogP contribution >= 0.6 is 0 Å². The third kappa shape index (κ3) is 2.77. The molecule has 0 saturated heterocycles. The Balaban J connectivity index is 1.60. The summed E-state index contributed by atoms with van der Waals surface area (Å²) in [6.45, 7) is 4.36. The van der Waals surface area contributed by atoms with Crippen molar-refractivity contribution in [1.82, 2.24) is 19.9 Å². The molecule has 0 bridgehead atoms. The molecule has 0 aliphatic rings. The van der Waals surface area contributed by atoms with E-state index >= 15 is 0 Å². The zero-order valence-corrected chi connectivity index (χ0v) is 14.5. The minimum absolute atomic E-state index is 0.253. The number of para-hydroxylation sites is 1. The van der Waals surface area contributed by atoms with Crippen LogP contribution in [0.15, 0.2) is 53.3 Å². The van der Waals surface area contributed by atoms with Gasteiger partial charge in [0.15, 0.2) is 17.0 Å². The van der Waals surface area contributed by atoms with E-state index in [0.717, 1.165) is 5.39 Å². The standard InChI is InChI=1S/C19H18N4O3/c1-3-25-15-7-4-6-13-10-16(26-17(13)15)12(2)22-19(24)14-11-21-23-9-5-8-20-18(14)23/h4-12H,3H2,1-2H3,(H,22,24). The zero-order chi connectivity index (χ0) is 18.1. The van der Waals surface area contributed by atoms with Crippen LogP contribution in [0.2, 0.25) is 0 Å². The average Bonchev–Trinajstić information content (AvgIpc) is 3.27. The molecule has 26 heavy (non-hydrogen) atoms. The van der Waals surface area contributed by atoms with Gasteiger partial charge in [-0.05, 0) is 32.0 Å². The van der Waals surface area contributed by atoms with Crippen molar-refractivity contribution >= 4 is 22.5 Å². The van der Waals surface area contributed by atoms with Crippen LogP contribution in [-0.4, -0.2) is 27.1 Å². The number of fused-ring (bicyclic) bond motifs is 2. The van der Waals surface area contributed by atoms with Gasteiger partial charge in [-0.3, -0.25) is 4.79 Å². The number of nitrogens with one attached hydrogen (secondary N) is 1. The first-order chi connectivity index (χ1) is 12.7. The second-order valence-corrected chi connectivity index (χ2v) is 5.90. The number of benzene rings is 1. The molecular weight excluding hydrogens is 332 g/mol. The van der Waals surface area contributed by atoms with Crippen molar-refractivity contribution in [2.24, 2.45) is 0 Å². The lowest BCUT2D eigenvalue weighted by molar-refractivity contribution is 0.0937. The average molecular weight is 350 g/mol. The Hall–Kier alpha value is -3.35. The molecule has 1 aromatic carbocycles. The summed E-state index contributed by atoms with van der Waals surface area (Å²) < 4.78 is 13.1. The summed E-state index contributed by atoms with van der Waals surface area (Å²) >= 11 is 0. The fourth-order valence-corrected chi connectivity index (χ4v) is 2.87. The highest BCUT2D eigenvalue weighted by atomic mass is 16.5. The van der Waals surface area contributed by atoms with Crippen molar-refractivity contribution < 1.29 is 13.9 Å². The maximum absolute atomic E-state index is 12.6. The number of aromatic nitrogens is 3. The van der Waals surface area contributed by atoms with E-state index in [0.29, 0.717) is 34.9 Å². The Labute approximate surface area is 149 Å². The summed E-state index contributed by atoms with van der Waals surface area (Å²) in [6.07, 6.45) is 4.89. The number of carbonyl (C=O) groups excluding carboxylic acids is 1. The SMILES string of the molecule is CCOc1cccc2cc(C(C)NC(=O)c3cnn4cccnc34)oc12. The van der Waals surface area contributed by atoms with Crippen LogP contribution < -0.4 is 10.1 Å². The van der Waals surface area contributed by atoms with Gasteiger partial charge in [-0.1, -0.05) is 12.1 Å². The summed E-state index contributed by atoms with van der Waals surface area (Å²) in [6, 6.07) is 9.09. The van der Waals surface area contributed by atoms with Crippen LogP contribution in [0, 0.1) is 0 Å². The van der Waals surface area contributed by atoms with E-state index in [2.05, 4.69) is 15.4 Å². The molecule has 1 atom stereocenters. The van der Waals surface area contributed by atoms with Gasteiger partial charge < -0.3 is 14.5 Å². The first-order valence-electron chi connectivity index (χ1n) is 8.42. The highest BCUT2D eigenvalue weighted by Gasteiger charge is 2.19. The molecule has 0 fully saturated rings. The van der Waals surface area contributed by atoms with E-state index in [4.69, 9.17) is 9.15 Å². The normalized spacial score (nSPS) is 12.4. The maximum atomic E-state index is 12.6. The first kappa shape index (κ1) is 16.1. The van der Waals surface area contributed by atoms with Crippen molar-refractivity contribution in [3.63, 3.8) is 0 Å². The van der Waals surface area contributed by atoms with Crippen LogP contribution in [0.5, 0.6) is 5.75 Å². The number of amides is 1. The van der Waals surface area contributed by atoms with Gasteiger partial charge in [0.25, 0.3) is 5.91 Å². The molecule has 3 aromatic heterocycles. The summed E-state index contributed by atoms with van der Waals surface area (Å²) in [5.41, 5.74) is 1.62. The van der Waals surface area contributed by atoms with Gasteiger partial charge in [0, 0.05) is 17.8 Å². The molecule has 0 spiro atoms. The molecule has 1 unspecified atom stereocenters. The summed E-state index contributed by atoms with van der Waals surface area (Å²) in [7, 11) is 0. The lowest BCUT2D eigenvalue weighted by Gasteiger charge is -2.10. The first-order valence-corrected chi connectivity index (χ1v) is 8.42. The third-order valence-corrected chi connectivity index (χ3v) is 4.13. The highest BCUT2D eigenvalue weighted by molar-refractivity contribution is 5.99. The number of hydrogen-bond donors (Lipinski definition) is 1. The molecule has 4 rings (SSSR count). The van der Waals surface area contributed by atoms with E-state index in [1.54, 1.807) is 23.0 Å². The fourth-order valence-electron chi connectivity index (χ4n) is 2.87. The Morgan fingerprint density at radius 3 is 3.12 bits per heavy atom. The van der Waals surface area contributed by atoms with Crippen LogP contribution in [0.4, 0.5) is 0 Å². The van der Waals surface area contributed by atoms with Crippen molar-refractivity contribution in [3.8, 4) is 5.75 Å². The Morgan fingerprint density at radius 2 is 2.27 bits per heavy atom. The van der Waals surface area contributed by atoms with Gasteiger partial charge in [-0.15, -0.1) is 0 Å². The Morgan fingerprint density at radius 1 is 1.38 bits per heavy atom. The second-order valence-electron chi connectivity index (χ2n) is 5.90. The minimum atomic E-state index is -0.317. The Bertz CT molecular complexity index is 1080. The number of ether oxygens (including phenoxy) is 1. The van der Waals surface area contributed by atoms with Crippen molar-refractivity contribution in [2.75, 3.05) is 6.61 Å². The van der Waals surface area contributed by atoms with Gasteiger partial charge in [0.1, 0.15) is 11.3 Å². The second kappa shape index (κ2) is 6.51. The van der Waals surface area contributed by atoms with Crippen molar-refractivity contribution in [1.29, 1.82) is 0 Å². The molecular formula is C19H18N4O3. The number of hydrogen-bond acceptors (Lipinski definition) is 5. The largest absolute Gasteiger partial charge is 0.490 e. The summed E-state index contributed by atoms with van der Waals surface area (Å²) in [4.78, 5) is 16.8. The van der Waals surface area contributed by atoms with Crippen LogP contribution in [-0.2, 0) is 0 Å². The molecule has 0 aliphatic carbocycles. The molecule has 132 valence electrons.